The highest BCUT2D eigenvalue weighted by atomic mass is 31.2. The van der Waals surface area contributed by atoms with Gasteiger partial charge < -0.3 is 28.8 Å². The largest absolute Gasteiger partial charge is 0.756 e. The van der Waals surface area contributed by atoms with Crippen LogP contribution in [0.25, 0.3) is 0 Å². The van der Waals surface area contributed by atoms with Crippen LogP contribution in [0.1, 0.15) is 142 Å². The summed E-state index contributed by atoms with van der Waals surface area (Å²) in [5, 5.41) is 13.4. The molecule has 0 aliphatic carbocycles. The van der Waals surface area contributed by atoms with E-state index >= 15 is 0 Å². The minimum absolute atomic E-state index is 0.000428. The maximum absolute atomic E-state index is 12.3. The molecule has 9 heteroatoms. The number of hydrogen-bond acceptors (Lipinski definition) is 6. The monoisotopic (exact) mass is 618 g/mol. The number of quaternary nitrogens is 1. The van der Waals surface area contributed by atoms with Crippen LogP contribution in [0.5, 0.6) is 0 Å². The summed E-state index contributed by atoms with van der Waals surface area (Å²) >= 11 is 0. The van der Waals surface area contributed by atoms with Gasteiger partial charge in [0.05, 0.1) is 39.9 Å². The first-order chi connectivity index (χ1) is 20.0. The van der Waals surface area contributed by atoms with Gasteiger partial charge in [-0.15, -0.1) is 0 Å². The average molecular weight is 619 g/mol. The van der Waals surface area contributed by atoms with E-state index in [9.17, 15) is 19.4 Å². The van der Waals surface area contributed by atoms with Crippen molar-refractivity contribution in [3.63, 3.8) is 0 Å². The first kappa shape index (κ1) is 41.2. The molecule has 0 aromatic heterocycles. The Morgan fingerprint density at radius 1 is 0.810 bits per heavy atom. The number of carbonyl (C=O) groups excluding carboxylic acids is 1. The van der Waals surface area contributed by atoms with Crippen LogP contribution in [0.4, 0.5) is 0 Å². The fourth-order valence-corrected chi connectivity index (χ4v) is 5.38. The summed E-state index contributed by atoms with van der Waals surface area (Å²) in [5.74, 6) is -0.234. The van der Waals surface area contributed by atoms with E-state index in [1.807, 2.05) is 34.1 Å². The molecule has 250 valence electrons. The topological polar surface area (TPSA) is 108 Å². The van der Waals surface area contributed by atoms with Gasteiger partial charge in [-0.3, -0.25) is 9.36 Å². The molecular formula is C33H67N2O6P. The van der Waals surface area contributed by atoms with Crippen molar-refractivity contribution in [2.75, 3.05) is 40.9 Å². The number of likely N-dealkylation sites (N-methyl/N-ethyl adjacent to an activating group) is 1. The second-order valence-electron chi connectivity index (χ2n) is 12.9. The van der Waals surface area contributed by atoms with E-state index in [1.165, 1.54) is 89.9 Å². The van der Waals surface area contributed by atoms with Crippen molar-refractivity contribution in [2.24, 2.45) is 0 Å². The van der Waals surface area contributed by atoms with E-state index in [0.717, 1.165) is 32.1 Å². The fourth-order valence-electron chi connectivity index (χ4n) is 4.66. The lowest BCUT2D eigenvalue weighted by Crippen LogP contribution is -2.45. The molecule has 0 heterocycles. The Hall–Kier alpha value is -0.760. The van der Waals surface area contributed by atoms with Gasteiger partial charge in [0, 0.05) is 6.42 Å². The Balaban J connectivity index is 4.18. The number of carbonyl (C=O) groups is 1. The van der Waals surface area contributed by atoms with E-state index in [2.05, 4.69) is 12.2 Å². The first-order valence-electron chi connectivity index (χ1n) is 17.1. The van der Waals surface area contributed by atoms with Crippen molar-refractivity contribution in [3.8, 4) is 0 Å². The third-order valence-electron chi connectivity index (χ3n) is 7.50. The molecule has 3 atom stereocenters. The standard InChI is InChI=1S/C33H67N2O6P/c1-6-8-10-11-12-13-14-15-16-17-18-19-20-21-22-23-24-25-26-32(36)31(34-33(37)27-9-7-2)30-41-42(38,39)40-29-28-35(3,4)5/h25-26,31-32,36H,6-24,27-30H2,1-5H3,(H-,34,37,38,39)/b26-25+. The summed E-state index contributed by atoms with van der Waals surface area (Å²) in [5.41, 5.74) is 0. The summed E-state index contributed by atoms with van der Waals surface area (Å²) in [6.45, 7) is 4.38. The molecule has 0 rings (SSSR count). The van der Waals surface area contributed by atoms with Gasteiger partial charge in [-0.25, -0.2) is 0 Å². The van der Waals surface area contributed by atoms with E-state index in [0.29, 0.717) is 17.4 Å². The number of phosphoric ester groups is 1. The van der Waals surface area contributed by atoms with Crippen molar-refractivity contribution >= 4 is 13.7 Å². The van der Waals surface area contributed by atoms with Crippen LogP contribution >= 0.6 is 7.82 Å². The normalized spacial score (nSPS) is 15.1. The number of unbranched alkanes of at least 4 members (excludes halogenated alkanes) is 17. The molecule has 0 saturated carbocycles. The fraction of sp³-hybridized carbons (Fsp3) is 0.909. The minimum Gasteiger partial charge on any atom is -0.756 e. The number of aliphatic hydroxyl groups excluding tert-OH is 1. The van der Waals surface area contributed by atoms with Crippen molar-refractivity contribution < 1.29 is 32.9 Å². The molecule has 0 aliphatic rings. The zero-order valence-electron chi connectivity index (χ0n) is 28.0. The van der Waals surface area contributed by atoms with Crippen molar-refractivity contribution in [1.82, 2.24) is 5.32 Å². The van der Waals surface area contributed by atoms with Crippen LogP contribution in [0, 0.1) is 0 Å². The molecule has 1 amide bonds. The predicted molar refractivity (Wildman–Crippen MR) is 173 cm³/mol. The summed E-state index contributed by atoms with van der Waals surface area (Å²) in [6.07, 6.45) is 26.5. The quantitative estimate of drug-likeness (QED) is 0.0375. The summed E-state index contributed by atoms with van der Waals surface area (Å²) in [6, 6.07) is -0.874. The Bertz CT molecular complexity index is 713. The predicted octanol–water partition coefficient (Wildman–Crippen LogP) is 7.44. The minimum atomic E-state index is -4.55. The number of nitrogens with one attached hydrogen (secondary N) is 1. The van der Waals surface area contributed by atoms with Gasteiger partial charge in [-0.1, -0.05) is 129 Å². The average Bonchev–Trinajstić information content (AvgIpc) is 2.92. The third kappa shape index (κ3) is 28.0. The third-order valence-corrected chi connectivity index (χ3v) is 8.46. The second-order valence-corrected chi connectivity index (χ2v) is 14.3. The summed E-state index contributed by atoms with van der Waals surface area (Å²) in [4.78, 5) is 24.5. The van der Waals surface area contributed by atoms with Gasteiger partial charge >= 0.3 is 0 Å². The molecule has 0 spiro atoms. The second kappa shape index (κ2) is 26.6. The van der Waals surface area contributed by atoms with Crippen LogP contribution in [-0.2, 0) is 18.4 Å². The van der Waals surface area contributed by atoms with E-state index < -0.39 is 20.0 Å². The molecule has 0 saturated heterocycles. The maximum Gasteiger partial charge on any atom is 0.268 e. The Morgan fingerprint density at radius 3 is 1.76 bits per heavy atom. The Morgan fingerprint density at radius 2 is 1.29 bits per heavy atom. The van der Waals surface area contributed by atoms with Crippen molar-refractivity contribution in [1.29, 1.82) is 0 Å². The number of amides is 1. The van der Waals surface area contributed by atoms with E-state index in [1.54, 1.807) is 6.08 Å². The lowest BCUT2D eigenvalue weighted by molar-refractivity contribution is -0.870. The van der Waals surface area contributed by atoms with Crippen LogP contribution in [-0.4, -0.2) is 68.5 Å². The zero-order valence-corrected chi connectivity index (χ0v) is 28.9. The summed E-state index contributed by atoms with van der Waals surface area (Å²) < 4.78 is 22.7. The molecule has 0 aliphatic heterocycles. The molecule has 0 fully saturated rings. The van der Waals surface area contributed by atoms with Crippen molar-refractivity contribution in [3.05, 3.63) is 12.2 Å². The van der Waals surface area contributed by atoms with Gasteiger partial charge in [0.2, 0.25) is 5.91 Å². The van der Waals surface area contributed by atoms with Gasteiger partial charge in [-0.05, 0) is 19.3 Å². The number of rotatable bonds is 30. The smallest absolute Gasteiger partial charge is 0.268 e. The molecule has 0 aromatic carbocycles. The molecule has 42 heavy (non-hydrogen) atoms. The highest BCUT2D eigenvalue weighted by molar-refractivity contribution is 7.45. The Labute approximate surface area is 259 Å². The van der Waals surface area contributed by atoms with Crippen LogP contribution in [0.2, 0.25) is 0 Å². The highest BCUT2D eigenvalue weighted by Crippen LogP contribution is 2.38. The highest BCUT2D eigenvalue weighted by Gasteiger charge is 2.23. The van der Waals surface area contributed by atoms with Crippen LogP contribution in [0.3, 0.4) is 0 Å². The van der Waals surface area contributed by atoms with Gasteiger partial charge in [-0.2, -0.15) is 0 Å². The van der Waals surface area contributed by atoms with E-state index in [4.69, 9.17) is 9.05 Å². The lowest BCUT2D eigenvalue weighted by Gasteiger charge is -2.29. The molecular weight excluding hydrogens is 551 g/mol. The number of phosphoric acid groups is 1. The lowest BCUT2D eigenvalue weighted by atomic mass is 10.0. The SMILES string of the molecule is CCCCCCCCCCCCCCCCCC/C=C/C(O)C(COP(=O)([O-])OCC[N+](C)(C)C)NC(=O)CCCC. The summed E-state index contributed by atoms with van der Waals surface area (Å²) in [7, 11) is 1.26. The molecule has 2 N–H and O–H groups in total. The molecule has 0 radical (unpaired) electrons. The first-order valence-corrected chi connectivity index (χ1v) is 18.5. The zero-order chi connectivity index (χ0) is 31.5. The number of allylic oxidation sites excluding steroid dienone is 1. The maximum atomic E-state index is 12.3. The van der Waals surface area contributed by atoms with Gasteiger partial charge in [0.15, 0.2) is 0 Å². The van der Waals surface area contributed by atoms with Crippen molar-refractivity contribution in [2.45, 2.75) is 154 Å². The number of hydrogen-bond donors (Lipinski definition) is 2. The van der Waals surface area contributed by atoms with Gasteiger partial charge in [0.25, 0.3) is 7.82 Å². The molecule has 0 aromatic rings. The van der Waals surface area contributed by atoms with Gasteiger partial charge in [0.1, 0.15) is 13.2 Å². The number of aliphatic hydroxyl groups is 1. The van der Waals surface area contributed by atoms with Crippen LogP contribution < -0.4 is 10.2 Å². The number of nitrogens with zero attached hydrogens (tertiary/aromatic N) is 1. The molecule has 8 nitrogen and oxygen atoms in total. The van der Waals surface area contributed by atoms with Crippen LogP contribution in [0.15, 0.2) is 12.2 Å². The Kier molecular flexibility index (Phi) is 26.1. The molecule has 0 bridgehead atoms. The van der Waals surface area contributed by atoms with E-state index in [-0.39, 0.29) is 19.1 Å². The molecule has 3 unspecified atom stereocenters.